The van der Waals surface area contributed by atoms with Crippen molar-refractivity contribution in [3.63, 3.8) is 0 Å². The van der Waals surface area contributed by atoms with Crippen molar-refractivity contribution in [3.05, 3.63) is 91.7 Å². The Hall–Kier alpha value is -3.79. The van der Waals surface area contributed by atoms with Crippen LogP contribution in [0.5, 0.6) is 0 Å². The second-order valence-electron chi connectivity index (χ2n) is 7.13. The summed E-state index contributed by atoms with van der Waals surface area (Å²) in [6.45, 7) is 2.18. The molecule has 0 atom stereocenters. The van der Waals surface area contributed by atoms with E-state index < -0.39 is 0 Å². The molecule has 0 bridgehead atoms. The summed E-state index contributed by atoms with van der Waals surface area (Å²) in [7, 11) is 0. The van der Waals surface area contributed by atoms with Crippen molar-refractivity contribution in [2.75, 3.05) is 0 Å². The lowest BCUT2D eigenvalue weighted by Gasteiger charge is -2.29. The summed E-state index contributed by atoms with van der Waals surface area (Å²) in [5.74, 6) is 0.161. The Morgan fingerprint density at radius 3 is 1.59 bits per heavy atom. The van der Waals surface area contributed by atoms with Gasteiger partial charge in [-0.15, -0.1) is 0 Å². The van der Waals surface area contributed by atoms with E-state index in [0.29, 0.717) is 17.3 Å². The fourth-order valence-corrected chi connectivity index (χ4v) is 3.65. The van der Waals surface area contributed by atoms with Crippen molar-refractivity contribution in [2.24, 2.45) is 22.1 Å². The van der Waals surface area contributed by atoms with Crippen LogP contribution in [0.4, 0.5) is 11.4 Å². The summed E-state index contributed by atoms with van der Waals surface area (Å²) in [6.07, 6.45) is 6.82. The number of allylic oxidation sites excluding steroid dienone is 2. The first-order chi connectivity index (χ1) is 14.1. The van der Waals surface area contributed by atoms with E-state index in [4.69, 9.17) is 11.1 Å². The molecule has 1 aliphatic rings. The second kappa shape index (κ2) is 9.42. The minimum atomic E-state index is -0.264. The number of aldehydes is 1. The largest absolute Gasteiger partial charge is 0.302 e. The van der Waals surface area contributed by atoms with Crippen LogP contribution in [0.1, 0.15) is 30.9 Å². The predicted octanol–water partition coefficient (Wildman–Crippen LogP) is 7.28. The van der Waals surface area contributed by atoms with E-state index in [1.807, 2.05) is 36.4 Å². The molecule has 0 unspecified atom stereocenters. The molecule has 1 fully saturated rings. The second-order valence-corrected chi connectivity index (χ2v) is 7.13. The zero-order chi connectivity index (χ0) is 20.6. The molecule has 29 heavy (non-hydrogen) atoms. The van der Waals surface area contributed by atoms with E-state index in [0.717, 1.165) is 41.4 Å². The molecule has 0 N–H and O–H groups in total. The highest BCUT2D eigenvalue weighted by atomic mass is 16.1. The number of rotatable bonds is 5. The van der Waals surface area contributed by atoms with Crippen molar-refractivity contribution < 1.29 is 4.79 Å². The molecule has 0 radical (unpaired) electrons. The predicted molar refractivity (Wildman–Crippen MR) is 114 cm³/mol. The van der Waals surface area contributed by atoms with E-state index >= 15 is 0 Å². The lowest BCUT2D eigenvalue weighted by atomic mass is 9.75. The number of hydrogen-bond donors (Lipinski definition) is 0. The third-order valence-corrected chi connectivity index (χ3v) is 4.91. The van der Waals surface area contributed by atoms with E-state index in [1.165, 1.54) is 0 Å². The lowest BCUT2D eigenvalue weighted by molar-refractivity contribution is -0.109. The van der Waals surface area contributed by atoms with Crippen molar-refractivity contribution >= 4 is 29.8 Å². The van der Waals surface area contributed by atoms with Crippen LogP contribution in [0.15, 0.2) is 69.9 Å². The molecule has 144 valence electrons. The van der Waals surface area contributed by atoms with Gasteiger partial charge in [-0.05, 0) is 40.9 Å². The molecule has 3 rings (SSSR count). The highest BCUT2D eigenvalue weighted by Crippen LogP contribution is 2.38. The van der Waals surface area contributed by atoms with Gasteiger partial charge < -0.3 is 4.79 Å². The summed E-state index contributed by atoms with van der Waals surface area (Å²) < 4.78 is 0. The minimum Gasteiger partial charge on any atom is -0.302 e. The van der Waals surface area contributed by atoms with Crippen LogP contribution < -0.4 is 0 Å². The SMILES string of the molecule is CC1CC(=Cc2ccc(N=[N+]=[N-])cc2)C(C=O)C(=Cc2ccc(N=[N+]=[N-])cc2)C1. The molecule has 1 aliphatic carbocycles. The van der Waals surface area contributed by atoms with Crippen LogP contribution >= 0.6 is 0 Å². The van der Waals surface area contributed by atoms with Crippen molar-refractivity contribution in [1.82, 2.24) is 0 Å². The van der Waals surface area contributed by atoms with Crippen molar-refractivity contribution in [1.29, 1.82) is 0 Å². The Labute approximate surface area is 168 Å². The maximum Gasteiger partial charge on any atom is 0.131 e. The Bertz CT molecular complexity index is 958. The van der Waals surface area contributed by atoms with Gasteiger partial charge in [-0.3, -0.25) is 0 Å². The van der Waals surface area contributed by atoms with Gasteiger partial charge in [0.15, 0.2) is 0 Å². The van der Waals surface area contributed by atoms with Gasteiger partial charge in [-0.25, -0.2) is 0 Å². The van der Waals surface area contributed by atoms with Crippen LogP contribution in [0.3, 0.4) is 0 Å². The standard InChI is InChI=1S/C22H20N6O/c1-15-10-18(12-16-2-6-20(7-3-16)25-27-23)22(14-29)19(11-15)13-17-4-8-21(9-5-17)26-28-24/h2-9,12-15,22H,10-11H2,1H3. The molecule has 2 aromatic rings. The van der Waals surface area contributed by atoms with Crippen LogP contribution in [0, 0.1) is 11.8 Å². The molecule has 2 aromatic carbocycles. The van der Waals surface area contributed by atoms with Gasteiger partial charge in [0, 0.05) is 21.2 Å². The highest BCUT2D eigenvalue weighted by Gasteiger charge is 2.27. The first kappa shape index (κ1) is 20.0. The molecule has 7 heteroatoms. The summed E-state index contributed by atoms with van der Waals surface area (Å²) in [4.78, 5) is 17.5. The minimum absolute atomic E-state index is 0.264. The topological polar surface area (TPSA) is 115 Å². The van der Waals surface area contributed by atoms with E-state index in [1.54, 1.807) is 24.3 Å². The molecular formula is C22H20N6O. The molecule has 0 amide bonds. The number of benzene rings is 2. The number of carbonyl (C=O) groups excluding carboxylic acids is 1. The number of azide groups is 2. The van der Waals surface area contributed by atoms with Gasteiger partial charge in [0.25, 0.3) is 0 Å². The van der Waals surface area contributed by atoms with Gasteiger partial charge in [0.2, 0.25) is 0 Å². The summed E-state index contributed by atoms with van der Waals surface area (Å²) in [5, 5.41) is 7.17. The van der Waals surface area contributed by atoms with Crippen molar-refractivity contribution in [3.8, 4) is 0 Å². The first-order valence-corrected chi connectivity index (χ1v) is 9.29. The Balaban J connectivity index is 1.91. The lowest BCUT2D eigenvalue weighted by Crippen LogP contribution is -2.19. The zero-order valence-electron chi connectivity index (χ0n) is 16.0. The fraction of sp³-hybridized carbons (Fsp3) is 0.227. The molecule has 0 heterocycles. The molecule has 0 aliphatic heterocycles. The van der Waals surface area contributed by atoms with Crippen molar-refractivity contribution in [2.45, 2.75) is 19.8 Å². The fourth-order valence-electron chi connectivity index (χ4n) is 3.65. The smallest absolute Gasteiger partial charge is 0.131 e. The highest BCUT2D eigenvalue weighted by molar-refractivity contribution is 5.74. The van der Waals surface area contributed by atoms with E-state index in [2.05, 4.69) is 27.0 Å². The average molecular weight is 384 g/mol. The molecular weight excluding hydrogens is 364 g/mol. The van der Waals surface area contributed by atoms with Gasteiger partial charge >= 0.3 is 0 Å². The van der Waals surface area contributed by atoms with E-state index in [-0.39, 0.29) is 5.92 Å². The first-order valence-electron chi connectivity index (χ1n) is 9.29. The van der Waals surface area contributed by atoms with Gasteiger partial charge in [-0.1, -0.05) is 89.0 Å². The van der Waals surface area contributed by atoms with Gasteiger partial charge in [0.1, 0.15) is 6.29 Å². The molecule has 7 nitrogen and oxygen atoms in total. The number of carbonyl (C=O) groups is 1. The zero-order valence-corrected chi connectivity index (χ0v) is 16.0. The average Bonchev–Trinajstić information content (AvgIpc) is 2.71. The number of nitrogens with zero attached hydrogens (tertiary/aromatic N) is 6. The van der Waals surface area contributed by atoms with Crippen LogP contribution in [0.2, 0.25) is 0 Å². The van der Waals surface area contributed by atoms with Crippen LogP contribution in [0.25, 0.3) is 33.0 Å². The summed E-state index contributed by atoms with van der Waals surface area (Å²) in [5.41, 5.74) is 22.2. The van der Waals surface area contributed by atoms with E-state index in [9.17, 15) is 4.79 Å². The van der Waals surface area contributed by atoms with Crippen LogP contribution in [-0.2, 0) is 4.79 Å². The van der Waals surface area contributed by atoms with Gasteiger partial charge in [0.05, 0.1) is 5.92 Å². The van der Waals surface area contributed by atoms with Crippen LogP contribution in [-0.4, -0.2) is 6.29 Å². The number of hydrogen-bond acceptors (Lipinski definition) is 3. The molecule has 1 saturated carbocycles. The quantitative estimate of drug-likeness (QED) is 0.229. The third kappa shape index (κ3) is 5.14. The summed E-state index contributed by atoms with van der Waals surface area (Å²) in [6, 6.07) is 14.6. The normalized spacial score (nSPS) is 21.3. The Kier molecular flexibility index (Phi) is 6.48. The molecule has 0 saturated heterocycles. The molecule has 0 aromatic heterocycles. The third-order valence-electron chi connectivity index (χ3n) is 4.91. The molecule has 0 spiro atoms. The monoisotopic (exact) mass is 384 g/mol. The Morgan fingerprint density at radius 1 is 0.828 bits per heavy atom. The Morgan fingerprint density at radius 2 is 1.24 bits per heavy atom. The maximum absolute atomic E-state index is 12.0. The maximum atomic E-state index is 12.0. The van der Waals surface area contributed by atoms with Gasteiger partial charge in [-0.2, -0.15) is 0 Å². The summed E-state index contributed by atoms with van der Waals surface area (Å²) >= 11 is 0.